The molecule has 1 aliphatic rings. The Labute approximate surface area is 221 Å². The van der Waals surface area contributed by atoms with Crippen molar-refractivity contribution in [2.45, 2.75) is 46.3 Å². The number of hydrogen-bond acceptors (Lipinski definition) is 6. The number of benzene rings is 1. The second kappa shape index (κ2) is 11.2. The first-order valence-corrected chi connectivity index (χ1v) is 13.0. The highest BCUT2D eigenvalue weighted by Crippen LogP contribution is 2.29. The number of amides is 1. The molecule has 38 heavy (non-hydrogen) atoms. The highest BCUT2D eigenvalue weighted by Gasteiger charge is 2.25. The van der Waals surface area contributed by atoms with Gasteiger partial charge in [-0.15, -0.1) is 0 Å². The van der Waals surface area contributed by atoms with E-state index < -0.39 is 0 Å². The molecule has 5 rings (SSSR count). The molecule has 2 N–H and O–H groups in total. The van der Waals surface area contributed by atoms with E-state index in [4.69, 9.17) is 4.74 Å². The van der Waals surface area contributed by atoms with Gasteiger partial charge in [-0.1, -0.05) is 18.2 Å². The van der Waals surface area contributed by atoms with E-state index in [1.54, 1.807) is 19.3 Å². The summed E-state index contributed by atoms with van der Waals surface area (Å²) in [7, 11) is 1.53. The highest BCUT2D eigenvalue weighted by atomic mass is 16.5. The molecule has 0 aliphatic carbocycles. The third-order valence-electron chi connectivity index (χ3n) is 7.50. The lowest BCUT2D eigenvalue weighted by Gasteiger charge is -2.32. The van der Waals surface area contributed by atoms with Crippen LogP contribution < -0.4 is 15.6 Å². The van der Waals surface area contributed by atoms with E-state index in [2.05, 4.69) is 35.8 Å². The van der Waals surface area contributed by atoms with Crippen molar-refractivity contribution in [3.8, 4) is 5.75 Å². The molecule has 198 valence electrons. The largest absolute Gasteiger partial charge is 0.496 e. The van der Waals surface area contributed by atoms with Gasteiger partial charge in [0.1, 0.15) is 12.1 Å². The zero-order valence-corrected chi connectivity index (χ0v) is 22.2. The summed E-state index contributed by atoms with van der Waals surface area (Å²) in [6, 6.07) is 9.82. The second-order valence-corrected chi connectivity index (χ2v) is 10.1. The van der Waals surface area contributed by atoms with Crippen molar-refractivity contribution in [1.82, 2.24) is 29.7 Å². The number of aromatic nitrogens is 4. The maximum absolute atomic E-state index is 13.5. The van der Waals surface area contributed by atoms with Crippen LogP contribution in [0.2, 0.25) is 0 Å². The number of piperidine rings is 1. The fourth-order valence-electron chi connectivity index (χ4n) is 5.50. The topological polar surface area (TPSA) is 105 Å². The van der Waals surface area contributed by atoms with Gasteiger partial charge < -0.3 is 19.6 Å². The van der Waals surface area contributed by atoms with E-state index in [0.29, 0.717) is 28.5 Å². The maximum Gasteiger partial charge on any atom is 0.256 e. The second-order valence-electron chi connectivity index (χ2n) is 10.1. The minimum Gasteiger partial charge on any atom is -0.496 e. The number of aromatic amines is 1. The number of carbonyl (C=O) groups excluding carboxylic acids is 1. The van der Waals surface area contributed by atoms with E-state index in [0.717, 1.165) is 61.2 Å². The average molecular weight is 515 g/mol. The average Bonchev–Trinajstić information content (AvgIpc) is 3.20. The van der Waals surface area contributed by atoms with Crippen LogP contribution in [0, 0.1) is 19.8 Å². The molecule has 0 atom stereocenters. The molecule has 4 heterocycles. The molecular formula is C29H34N6O3. The maximum atomic E-state index is 13.5. The van der Waals surface area contributed by atoms with Gasteiger partial charge in [0.15, 0.2) is 0 Å². The summed E-state index contributed by atoms with van der Waals surface area (Å²) in [6.07, 6.45) is 7.51. The number of ether oxygens (including phenoxy) is 1. The van der Waals surface area contributed by atoms with E-state index in [-0.39, 0.29) is 18.0 Å². The third-order valence-corrected chi connectivity index (χ3v) is 7.50. The molecule has 3 aromatic heterocycles. The number of aryl methyl sites for hydroxylation is 1. The number of hydrogen-bond donors (Lipinski definition) is 2. The van der Waals surface area contributed by atoms with Gasteiger partial charge in [-0.25, -0.2) is 9.97 Å². The standard InChI is InChI=1S/C29H34N6O3/c1-19-12-26(38-3)24(28(36)33-19)15-32-29(37)27-20(2)35(25-7-5-4-6-23(25)27)17-21-8-10-34(11-9-21)16-22-13-30-18-31-14-22/h4-7,12-14,18,21H,8-11,15-17H2,1-3H3,(H,32,37)(H,33,36). The Balaban J connectivity index is 1.31. The summed E-state index contributed by atoms with van der Waals surface area (Å²) in [5.74, 6) is 0.801. The van der Waals surface area contributed by atoms with Crippen molar-refractivity contribution in [3.05, 3.63) is 87.5 Å². The number of carbonyl (C=O) groups is 1. The van der Waals surface area contributed by atoms with Crippen molar-refractivity contribution >= 4 is 16.8 Å². The van der Waals surface area contributed by atoms with Gasteiger partial charge in [0.05, 0.1) is 24.8 Å². The van der Waals surface area contributed by atoms with Crippen LogP contribution in [-0.2, 0) is 19.6 Å². The molecule has 0 spiro atoms. The van der Waals surface area contributed by atoms with Gasteiger partial charge in [-0.3, -0.25) is 14.5 Å². The van der Waals surface area contributed by atoms with Gasteiger partial charge in [0, 0.05) is 53.3 Å². The minimum absolute atomic E-state index is 0.0848. The predicted octanol–water partition coefficient (Wildman–Crippen LogP) is 3.59. The van der Waals surface area contributed by atoms with Crippen molar-refractivity contribution in [1.29, 1.82) is 0 Å². The number of nitrogens with zero attached hydrogens (tertiary/aromatic N) is 4. The molecule has 0 unspecified atom stereocenters. The number of H-pyrrole nitrogens is 1. The lowest BCUT2D eigenvalue weighted by molar-refractivity contribution is 0.0951. The Morgan fingerprint density at radius 2 is 1.89 bits per heavy atom. The van der Waals surface area contributed by atoms with E-state index in [9.17, 15) is 9.59 Å². The Hall–Kier alpha value is -3.98. The number of pyridine rings is 1. The normalized spacial score (nSPS) is 14.6. The first kappa shape index (κ1) is 25.7. The van der Waals surface area contributed by atoms with Gasteiger partial charge in [-0.05, 0) is 57.8 Å². The molecule has 9 nitrogen and oxygen atoms in total. The molecule has 1 amide bonds. The summed E-state index contributed by atoms with van der Waals surface area (Å²) in [5.41, 5.74) is 4.65. The molecule has 1 aromatic carbocycles. The van der Waals surface area contributed by atoms with Crippen LogP contribution in [0.3, 0.4) is 0 Å². The molecule has 4 aromatic rings. The number of likely N-dealkylation sites (tertiary alicyclic amines) is 1. The van der Waals surface area contributed by atoms with Crippen LogP contribution in [-0.4, -0.2) is 50.5 Å². The van der Waals surface area contributed by atoms with Crippen molar-refractivity contribution in [3.63, 3.8) is 0 Å². The van der Waals surface area contributed by atoms with E-state index >= 15 is 0 Å². The molecule has 1 saturated heterocycles. The molecule has 0 bridgehead atoms. The van der Waals surface area contributed by atoms with Crippen LogP contribution in [0.5, 0.6) is 5.75 Å². The number of rotatable bonds is 8. The van der Waals surface area contributed by atoms with Crippen molar-refractivity contribution in [2.75, 3.05) is 20.2 Å². The minimum atomic E-state index is -0.257. The first-order chi connectivity index (χ1) is 18.4. The van der Waals surface area contributed by atoms with Crippen molar-refractivity contribution < 1.29 is 9.53 Å². The summed E-state index contributed by atoms with van der Waals surface area (Å²) >= 11 is 0. The smallest absolute Gasteiger partial charge is 0.256 e. The molecule has 0 radical (unpaired) electrons. The fraction of sp³-hybridized carbons (Fsp3) is 0.379. The van der Waals surface area contributed by atoms with Crippen LogP contribution >= 0.6 is 0 Å². The molecule has 0 saturated carbocycles. The number of methoxy groups -OCH3 is 1. The van der Waals surface area contributed by atoms with Gasteiger partial charge in [-0.2, -0.15) is 0 Å². The lowest BCUT2D eigenvalue weighted by Crippen LogP contribution is -2.34. The molecule has 1 aliphatic heterocycles. The Kier molecular flexibility index (Phi) is 7.55. The summed E-state index contributed by atoms with van der Waals surface area (Å²) < 4.78 is 7.67. The monoisotopic (exact) mass is 514 g/mol. The summed E-state index contributed by atoms with van der Waals surface area (Å²) in [4.78, 5) is 39.4. The van der Waals surface area contributed by atoms with Gasteiger partial charge in [0.25, 0.3) is 11.5 Å². The lowest BCUT2D eigenvalue weighted by atomic mass is 9.96. The molecular weight excluding hydrogens is 480 g/mol. The predicted molar refractivity (Wildman–Crippen MR) is 146 cm³/mol. The Morgan fingerprint density at radius 3 is 2.63 bits per heavy atom. The van der Waals surface area contributed by atoms with Crippen LogP contribution in [0.15, 0.2) is 53.8 Å². The summed E-state index contributed by atoms with van der Waals surface area (Å²) in [6.45, 7) is 7.69. The fourth-order valence-corrected chi connectivity index (χ4v) is 5.50. The van der Waals surface area contributed by atoms with Crippen LogP contribution in [0.25, 0.3) is 10.9 Å². The number of nitrogens with one attached hydrogen (secondary N) is 2. The van der Waals surface area contributed by atoms with E-state index in [1.807, 2.05) is 37.5 Å². The Morgan fingerprint density at radius 1 is 1.16 bits per heavy atom. The number of para-hydroxylation sites is 1. The van der Waals surface area contributed by atoms with Crippen LogP contribution in [0.4, 0.5) is 0 Å². The van der Waals surface area contributed by atoms with E-state index in [1.165, 1.54) is 7.11 Å². The summed E-state index contributed by atoms with van der Waals surface area (Å²) in [5, 5.41) is 3.88. The first-order valence-electron chi connectivity index (χ1n) is 13.0. The van der Waals surface area contributed by atoms with Crippen LogP contribution in [0.1, 0.15) is 45.7 Å². The highest BCUT2D eigenvalue weighted by molar-refractivity contribution is 6.08. The molecule has 1 fully saturated rings. The number of fused-ring (bicyclic) bond motifs is 1. The van der Waals surface area contributed by atoms with Gasteiger partial charge >= 0.3 is 0 Å². The SMILES string of the molecule is COc1cc(C)[nH]c(=O)c1CNC(=O)c1c(C)n(CC2CCN(Cc3cncnc3)CC2)c2ccccc12. The third kappa shape index (κ3) is 5.33. The molecule has 9 heteroatoms. The quantitative estimate of drug-likeness (QED) is 0.372. The van der Waals surface area contributed by atoms with Crippen molar-refractivity contribution in [2.24, 2.45) is 5.92 Å². The zero-order chi connectivity index (χ0) is 26.6. The zero-order valence-electron chi connectivity index (χ0n) is 22.2. The Bertz CT molecular complexity index is 1490. The van der Waals surface area contributed by atoms with Gasteiger partial charge in [0.2, 0.25) is 0 Å².